The molecule has 4 rings (SSSR count). The summed E-state index contributed by atoms with van der Waals surface area (Å²) in [6.45, 7) is 10.6. The Morgan fingerprint density at radius 3 is 2.47 bits per heavy atom. The normalized spacial score (nSPS) is 15.9. The van der Waals surface area contributed by atoms with Gasteiger partial charge in [-0.25, -0.2) is 4.39 Å². The first-order valence-electron chi connectivity index (χ1n) is 11.4. The Labute approximate surface area is 235 Å². The van der Waals surface area contributed by atoms with Gasteiger partial charge in [0.25, 0.3) is 0 Å². The van der Waals surface area contributed by atoms with Crippen molar-refractivity contribution >= 4 is 42.4 Å². The molecule has 2 aliphatic rings. The van der Waals surface area contributed by atoms with Crippen molar-refractivity contribution in [2.75, 3.05) is 26.5 Å². The molecular weight excluding hydrogens is 610 g/mol. The van der Waals surface area contributed by atoms with Gasteiger partial charge in [0.1, 0.15) is 11.6 Å². The lowest BCUT2D eigenvalue weighted by atomic mass is 9.84. The summed E-state index contributed by atoms with van der Waals surface area (Å²) in [4.78, 5) is 2.58. The largest absolute Gasteiger partial charge is 0.497 e. The first kappa shape index (κ1) is 30.6. The highest BCUT2D eigenvalue weighted by Crippen LogP contribution is 2.42. The Morgan fingerprint density at radius 1 is 1.17 bits per heavy atom. The molecule has 0 bridgehead atoms. The van der Waals surface area contributed by atoms with Crippen LogP contribution in [0.25, 0.3) is 0 Å². The lowest BCUT2D eigenvalue weighted by molar-refractivity contribution is 0.160. The Hall–Kier alpha value is -1.66. The zero-order chi connectivity index (χ0) is 26.5. The number of nitrogens with two attached hydrogens (primary N) is 1. The lowest BCUT2D eigenvalue weighted by Crippen LogP contribution is -2.39. The molecule has 0 aliphatic carbocycles. The van der Waals surface area contributed by atoms with Crippen LogP contribution in [0.4, 0.5) is 4.39 Å². The summed E-state index contributed by atoms with van der Waals surface area (Å²) in [5.74, 6) is 3.16. The summed E-state index contributed by atoms with van der Waals surface area (Å²) < 4.78 is 28.6. The summed E-state index contributed by atoms with van der Waals surface area (Å²) in [6, 6.07) is 11.3. The molecule has 2 aromatic carbocycles. The average molecular weight is 645 g/mol. The van der Waals surface area contributed by atoms with Gasteiger partial charge >= 0.3 is 0 Å². The fourth-order valence-electron chi connectivity index (χ4n) is 4.23. The molecule has 0 saturated carbocycles. The van der Waals surface area contributed by atoms with E-state index in [1.807, 2.05) is 21.2 Å². The van der Waals surface area contributed by atoms with Crippen LogP contribution in [-0.4, -0.2) is 31.4 Å². The van der Waals surface area contributed by atoms with Crippen LogP contribution in [0.2, 0.25) is 0 Å². The van der Waals surface area contributed by atoms with Crippen LogP contribution in [0, 0.1) is 0 Å². The molecule has 0 radical (unpaired) electrons. The monoisotopic (exact) mass is 644 g/mol. The minimum absolute atomic E-state index is 0.352. The second kappa shape index (κ2) is 16.2. The van der Waals surface area contributed by atoms with E-state index < -0.39 is 0 Å². The van der Waals surface area contributed by atoms with E-state index in [4.69, 9.17) is 18.8 Å². The van der Waals surface area contributed by atoms with Gasteiger partial charge in [0, 0.05) is 46.1 Å². The number of allylic oxidation sites excluding steroid dienone is 4. The molecule has 5 nitrogen and oxygen atoms in total. The zero-order valence-electron chi connectivity index (χ0n) is 21.0. The molecule has 2 N–H and O–H groups in total. The van der Waals surface area contributed by atoms with E-state index >= 15 is 0 Å². The maximum absolute atomic E-state index is 11.8. The second-order valence-corrected chi connectivity index (χ2v) is 10.5. The minimum Gasteiger partial charge on any atom is -0.497 e. The quantitative estimate of drug-likeness (QED) is 0.145. The molecule has 1 unspecified atom stereocenters. The number of nitrogens with zero attached hydrogens (tertiary/aromatic N) is 1. The van der Waals surface area contributed by atoms with Crippen molar-refractivity contribution in [1.29, 1.82) is 0 Å². The third kappa shape index (κ3) is 8.44. The summed E-state index contributed by atoms with van der Waals surface area (Å²) in [5, 5.41) is 4.75. The highest BCUT2D eigenvalue weighted by Gasteiger charge is 2.33. The molecule has 0 spiro atoms. The van der Waals surface area contributed by atoms with Gasteiger partial charge in [-0.05, 0) is 80.6 Å². The van der Waals surface area contributed by atoms with Gasteiger partial charge in [-0.3, -0.25) is 10.0 Å². The number of hydrogen-bond donors (Lipinski definition) is 1. The van der Waals surface area contributed by atoms with Gasteiger partial charge in [0.2, 0.25) is 0 Å². The van der Waals surface area contributed by atoms with Crippen LogP contribution in [0.15, 0.2) is 67.5 Å². The second-order valence-electron chi connectivity index (χ2n) is 7.85. The number of rotatable bonds is 7. The van der Waals surface area contributed by atoms with Crippen molar-refractivity contribution in [1.82, 2.24) is 4.90 Å². The van der Waals surface area contributed by atoms with Gasteiger partial charge in [-0.2, -0.15) is 0 Å². The standard InChI is InChI=1S/C21H25NO3S.C6H7F.H2INS/c1-4-26-25-21-11-15-10-19-18-6-5-17(23-2)9-14(18)7-8-22(19)13-16(15)12-20(21)24-3;1-3-5-6(7)4-2;1-3-2/h5-6,9,11-12,19H,4,7-8,10,13H2,1-3H3;3-5H,1-2H2;2H2/b;6-5+;. The Kier molecular flexibility index (Phi) is 13.8. The summed E-state index contributed by atoms with van der Waals surface area (Å²) in [7, 11) is 4.66. The van der Waals surface area contributed by atoms with Crippen LogP contribution in [0.5, 0.6) is 17.2 Å². The van der Waals surface area contributed by atoms with E-state index in [0.29, 0.717) is 6.04 Å². The first-order valence-corrected chi connectivity index (χ1v) is 15.8. The Balaban J connectivity index is 0.000000391. The average Bonchev–Trinajstić information content (AvgIpc) is 2.90. The summed E-state index contributed by atoms with van der Waals surface area (Å²) in [5.41, 5.74) is 5.57. The third-order valence-corrected chi connectivity index (χ3v) is 6.36. The number of halogens is 2. The number of methoxy groups -OCH3 is 2. The van der Waals surface area contributed by atoms with Crippen molar-refractivity contribution in [3.63, 3.8) is 0 Å². The van der Waals surface area contributed by atoms with Crippen molar-refractivity contribution in [2.45, 2.75) is 32.4 Å². The van der Waals surface area contributed by atoms with Crippen LogP contribution >= 0.6 is 42.4 Å². The molecule has 2 aliphatic heterocycles. The molecule has 0 aromatic heterocycles. The van der Waals surface area contributed by atoms with Crippen LogP contribution in [0.3, 0.4) is 0 Å². The first-order chi connectivity index (χ1) is 17.5. The zero-order valence-corrected chi connectivity index (χ0v) is 24.8. The van der Waals surface area contributed by atoms with Gasteiger partial charge in [-0.1, -0.05) is 32.2 Å². The van der Waals surface area contributed by atoms with Gasteiger partial charge in [0.05, 0.1) is 26.3 Å². The van der Waals surface area contributed by atoms with Crippen molar-refractivity contribution in [3.05, 3.63) is 89.8 Å². The van der Waals surface area contributed by atoms with Gasteiger partial charge in [-0.15, -0.1) is 0 Å². The molecule has 2 heterocycles. The highest BCUT2D eigenvalue weighted by atomic mass is 127. The highest BCUT2D eigenvalue weighted by molar-refractivity contribution is 14.2. The van der Waals surface area contributed by atoms with E-state index in [9.17, 15) is 4.39 Å². The number of benzene rings is 2. The van der Waals surface area contributed by atoms with Crippen molar-refractivity contribution in [2.24, 2.45) is 5.14 Å². The maximum Gasteiger partial charge on any atom is 0.179 e. The molecule has 196 valence electrons. The van der Waals surface area contributed by atoms with E-state index in [1.165, 1.54) is 55.6 Å². The Bertz CT molecular complexity index is 1050. The molecule has 0 amide bonds. The lowest BCUT2D eigenvalue weighted by Gasteiger charge is -2.41. The predicted molar refractivity (Wildman–Crippen MR) is 161 cm³/mol. The predicted octanol–water partition coefficient (Wildman–Crippen LogP) is 7.56. The molecule has 2 aromatic rings. The number of fused-ring (bicyclic) bond motifs is 4. The van der Waals surface area contributed by atoms with E-state index in [2.05, 4.69) is 55.3 Å². The number of ether oxygens (including phenoxy) is 2. The molecular formula is C27H34FIN2O3S2. The smallest absolute Gasteiger partial charge is 0.179 e. The fourth-order valence-corrected chi connectivity index (χ4v) is 4.61. The van der Waals surface area contributed by atoms with Gasteiger partial charge in [0.15, 0.2) is 11.5 Å². The maximum atomic E-state index is 11.8. The molecule has 9 heteroatoms. The fraction of sp³-hybridized carbons (Fsp3) is 0.333. The minimum atomic E-state index is -0.352. The SMILES string of the molecule is C=C/C=C(/F)C=C.CCSOc1cc2c(cc1OC)CN1CCc3cc(OC)ccc3C1C2.NSI. The van der Waals surface area contributed by atoms with Crippen LogP contribution in [-0.2, 0) is 19.4 Å². The molecule has 0 fully saturated rings. The Morgan fingerprint density at radius 2 is 1.89 bits per heavy atom. The summed E-state index contributed by atoms with van der Waals surface area (Å²) >= 11 is 3.44. The van der Waals surface area contributed by atoms with Crippen molar-refractivity contribution < 1.29 is 18.0 Å². The van der Waals surface area contributed by atoms with Crippen molar-refractivity contribution in [3.8, 4) is 17.2 Å². The van der Waals surface area contributed by atoms with Gasteiger partial charge < -0.3 is 13.7 Å². The van der Waals surface area contributed by atoms with E-state index in [-0.39, 0.29) is 5.83 Å². The third-order valence-electron chi connectivity index (χ3n) is 5.83. The van der Waals surface area contributed by atoms with E-state index in [1.54, 1.807) is 14.2 Å². The molecule has 1 atom stereocenters. The molecule has 0 saturated heterocycles. The van der Waals surface area contributed by atoms with Crippen LogP contribution in [0.1, 0.15) is 35.2 Å². The van der Waals surface area contributed by atoms with Crippen LogP contribution < -0.4 is 18.8 Å². The number of hydrogen-bond acceptors (Lipinski definition) is 7. The molecule has 36 heavy (non-hydrogen) atoms. The topological polar surface area (TPSA) is 57.0 Å². The van der Waals surface area contributed by atoms with E-state index in [0.717, 1.165) is 55.0 Å². The summed E-state index contributed by atoms with van der Waals surface area (Å²) in [6.07, 6.45) is 5.82.